The highest BCUT2D eigenvalue weighted by Gasteiger charge is 2.38. The fourth-order valence-corrected chi connectivity index (χ4v) is 3.52. The molecule has 1 aliphatic carbocycles. The van der Waals surface area contributed by atoms with Crippen LogP contribution in [0.3, 0.4) is 0 Å². The van der Waals surface area contributed by atoms with Crippen LogP contribution in [0.15, 0.2) is 31.4 Å². The Hall–Kier alpha value is -1.28. The van der Waals surface area contributed by atoms with E-state index >= 15 is 0 Å². The standard InChI is InChI=1S/C15H20N2.C2H4/c1-10-2-5-13(7-15(10)11-3-4-11)17-9-12-6-14(17)8-16-12;1-2/h2,5,7,11-12,14,16H,3-4,6,8-9H2,1H3;1-2H2/t12-,14-;/m0./s1. The zero-order chi connectivity index (χ0) is 13.4. The maximum atomic E-state index is 3.58. The number of hydrogen-bond acceptors (Lipinski definition) is 2. The summed E-state index contributed by atoms with van der Waals surface area (Å²) in [5.41, 5.74) is 4.56. The number of piperazine rings is 1. The average molecular weight is 256 g/mol. The van der Waals surface area contributed by atoms with Crippen LogP contribution in [0.1, 0.15) is 36.3 Å². The maximum absolute atomic E-state index is 3.58. The third kappa shape index (κ3) is 2.30. The maximum Gasteiger partial charge on any atom is 0.0430 e. The molecule has 1 aromatic rings. The molecule has 2 nitrogen and oxygen atoms in total. The molecular formula is C17H24N2. The minimum atomic E-state index is 0.741. The molecule has 0 unspecified atom stereocenters. The number of anilines is 1. The molecule has 2 bridgehead atoms. The largest absolute Gasteiger partial charge is 0.366 e. The van der Waals surface area contributed by atoms with Crippen LogP contribution in [0.5, 0.6) is 0 Å². The number of benzene rings is 1. The Labute approximate surface area is 116 Å². The predicted octanol–water partition coefficient (Wildman–Crippen LogP) is 3.23. The summed E-state index contributed by atoms with van der Waals surface area (Å²) >= 11 is 0. The molecular weight excluding hydrogens is 232 g/mol. The number of nitrogens with zero attached hydrogens (tertiary/aromatic N) is 1. The molecule has 2 saturated heterocycles. The van der Waals surface area contributed by atoms with E-state index in [1.54, 1.807) is 5.56 Å². The second-order valence-corrected chi connectivity index (χ2v) is 5.96. The Morgan fingerprint density at radius 3 is 2.63 bits per heavy atom. The van der Waals surface area contributed by atoms with E-state index in [2.05, 4.69) is 48.5 Å². The van der Waals surface area contributed by atoms with Gasteiger partial charge in [-0.1, -0.05) is 6.07 Å². The van der Waals surface area contributed by atoms with E-state index in [-0.39, 0.29) is 0 Å². The molecule has 2 heterocycles. The zero-order valence-corrected chi connectivity index (χ0v) is 11.9. The van der Waals surface area contributed by atoms with Gasteiger partial charge in [-0.3, -0.25) is 0 Å². The van der Waals surface area contributed by atoms with Gasteiger partial charge in [-0.2, -0.15) is 0 Å². The van der Waals surface area contributed by atoms with Crippen LogP contribution in [0.2, 0.25) is 0 Å². The number of hydrogen-bond donors (Lipinski definition) is 1. The van der Waals surface area contributed by atoms with Crippen molar-refractivity contribution in [1.29, 1.82) is 0 Å². The van der Waals surface area contributed by atoms with Crippen molar-refractivity contribution in [3.8, 4) is 0 Å². The Morgan fingerprint density at radius 2 is 2.05 bits per heavy atom. The van der Waals surface area contributed by atoms with E-state index in [4.69, 9.17) is 0 Å². The molecule has 3 aliphatic rings. The van der Waals surface area contributed by atoms with Crippen LogP contribution >= 0.6 is 0 Å². The Morgan fingerprint density at radius 1 is 1.26 bits per heavy atom. The van der Waals surface area contributed by atoms with Crippen LogP contribution in [0, 0.1) is 6.92 Å². The lowest BCUT2D eigenvalue weighted by Crippen LogP contribution is -2.43. The zero-order valence-electron chi connectivity index (χ0n) is 11.9. The minimum absolute atomic E-state index is 0.741. The monoisotopic (exact) mass is 256 g/mol. The van der Waals surface area contributed by atoms with Gasteiger partial charge in [-0.25, -0.2) is 0 Å². The van der Waals surface area contributed by atoms with E-state index in [0.29, 0.717) is 0 Å². The third-order valence-corrected chi connectivity index (χ3v) is 4.67. The fraction of sp³-hybridized carbons (Fsp3) is 0.529. The lowest BCUT2D eigenvalue weighted by Gasteiger charge is -2.30. The Bertz CT molecular complexity index is 464. The molecule has 102 valence electrons. The van der Waals surface area contributed by atoms with Gasteiger partial charge in [-0.05, 0) is 55.4 Å². The van der Waals surface area contributed by atoms with Gasteiger partial charge < -0.3 is 10.2 Å². The van der Waals surface area contributed by atoms with E-state index in [1.165, 1.54) is 43.6 Å². The number of fused-ring (bicyclic) bond motifs is 2. The molecule has 2 heteroatoms. The van der Waals surface area contributed by atoms with Crippen LogP contribution in [0.4, 0.5) is 5.69 Å². The van der Waals surface area contributed by atoms with Crippen molar-refractivity contribution in [3.05, 3.63) is 42.5 Å². The van der Waals surface area contributed by atoms with Gasteiger partial charge in [0.15, 0.2) is 0 Å². The first kappa shape index (κ1) is 12.7. The summed E-state index contributed by atoms with van der Waals surface area (Å²) < 4.78 is 0. The third-order valence-electron chi connectivity index (χ3n) is 4.67. The van der Waals surface area contributed by atoms with Gasteiger partial charge in [0.25, 0.3) is 0 Å². The van der Waals surface area contributed by atoms with Crippen molar-refractivity contribution in [2.24, 2.45) is 0 Å². The fourth-order valence-electron chi connectivity index (χ4n) is 3.52. The van der Waals surface area contributed by atoms with Crippen LogP contribution in [-0.2, 0) is 0 Å². The minimum Gasteiger partial charge on any atom is -0.366 e. The topological polar surface area (TPSA) is 15.3 Å². The summed E-state index contributed by atoms with van der Waals surface area (Å²) in [5, 5.41) is 3.58. The van der Waals surface area contributed by atoms with Crippen molar-refractivity contribution in [2.75, 3.05) is 18.0 Å². The lowest BCUT2D eigenvalue weighted by molar-refractivity contribution is 0.580. The molecule has 0 aromatic heterocycles. The van der Waals surface area contributed by atoms with Gasteiger partial charge in [-0.15, -0.1) is 13.2 Å². The van der Waals surface area contributed by atoms with Crippen LogP contribution in [-0.4, -0.2) is 25.2 Å². The number of rotatable bonds is 2. The summed E-state index contributed by atoms with van der Waals surface area (Å²) in [5.74, 6) is 0.868. The van der Waals surface area contributed by atoms with E-state index < -0.39 is 0 Å². The number of aryl methyl sites for hydroxylation is 1. The van der Waals surface area contributed by atoms with Crippen molar-refractivity contribution in [2.45, 2.75) is 44.2 Å². The van der Waals surface area contributed by atoms with Crippen molar-refractivity contribution in [1.82, 2.24) is 5.32 Å². The van der Waals surface area contributed by atoms with Crippen molar-refractivity contribution >= 4 is 5.69 Å². The molecule has 19 heavy (non-hydrogen) atoms. The molecule has 1 N–H and O–H groups in total. The van der Waals surface area contributed by atoms with E-state index in [1.807, 2.05) is 0 Å². The summed E-state index contributed by atoms with van der Waals surface area (Å²) in [6.07, 6.45) is 4.14. The summed E-state index contributed by atoms with van der Waals surface area (Å²) in [4.78, 5) is 2.62. The second kappa shape index (κ2) is 5.01. The van der Waals surface area contributed by atoms with Crippen molar-refractivity contribution in [3.63, 3.8) is 0 Å². The normalized spacial score (nSPS) is 28.2. The Kier molecular flexibility index (Phi) is 3.36. The van der Waals surface area contributed by atoms with E-state index in [0.717, 1.165) is 18.0 Å². The quantitative estimate of drug-likeness (QED) is 0.817. The van der Waals surface area contributed by atoms with E-state index in [9.17, 15) is 0 Å². The Balaban J connectivity index is 0.000000528. The molecule has 0 amide bonds. The van der Waals surface area contributed by atoms with Crippen LogP contribution < -0.4 is 10.2 Å². The predicted molar refractivity (Wildman–Crippen MR) is 81.9 cm³/mol. The number of nitrogens with one attached hydrogen (secondary N) is 1. The first-order valence-corrected chi connectivity index (χ1v) is 7.42. The first-order chi connectivity index (χ1) is 9.31. The smallest absolute Gasteiger partial charge is 0.0430 e. The second-order valence-electron chi connectivity index (χ2n) is 5.96. The van der Waals surface area contributed by atoms with Gasteiger partial charge in [0, 0.05) is 30.9 Å². The first-order valence-electron chi connectivity index (χ1n) is 7.42. The van der Waals surface area contributed by atoms with Gasteiger partial charge >= 0.3 is 0 Å². The highest BCUT2D eigenvalue weighted by molar-refractivity contribution is 5.55. The summed E-state index contributed by atoms with van der Waals surface area (Å²) in [6, 6.07) is 8.60. The summed E-state index contributed by atoms with van der Waals surface area (Å²) in [6.45, 7) is 10.6. The van der Waals surface area contributed by atoms with Gasteiger partial charge in [0.2, 0.25) is 0 Å². The molecule has 1 saturated carbocycles. The van der Waals surface area contributed by atoms with Gasteiger partial charge in [0.1, 0.15) is 0 Å². The summed E-state index contributed by atoms with van der Waals surface area (Å²) in [7, 11) is 0. The lowest BCUT2D eigenvalue weighted by atomic mass is 10.0. The molecule has 0 spiro atoms. The van der Waals surface area contributed by atoms with Crippen LogP contribution in [0.25, 0.3) is 0 Å². The molecule has 0 radical (unpaired) electrons. The molecule has 3 fully saturated rings. The molecule has 2 atom stereocenters. The highest BCUT2D eigenvalue weighted by Crippen LogP contribution is 2.43. The highest BCUT2D eigenvalue weighted by atomic mass is 15.3. The average Bonchev–Trinajstić information content (AvgIpc) is 3.08. The SMILES string of the molecule is C=C.Cc1ccc(N2C[C@@H]3C[C@H]2CN3)cc1C1CC1. The molecule has 2 aliphatic heterocycles. The molecule has 1 aromatic carbocycles. The van der Waals surface area contributed by atoms with Crippen molar-refractivity contribution < 1.29 is 0 Å². The van der Waals surface area contributed by atoms with Gasteiger partial charge in [0.05, 0.1) is 0 Å². The molecule has 4 rings (SSSR count).